The maximum absolute atomic E-state index is 12.9. The molecular formula is C19H25N3O3S. The molecule has 0 aromatic carbocycles. The van der Waals surface area contributed by atoms with E-state index in [9.17, 15) is 8.42 Å². The molecule has 26 heavy (non-hydrogen) atoms. The van der Waals surface area contributed by atoms with E-state index in [4.69, 9.17) is 4.74 Å². The highest BCUT2D eigenvalue weighted by molar-refractivity contribution is 7.91. The van der Waals surface area contributed by atoms with E-state index in [0.29, 0.717) is 30.5 Å². The molecule has 0 unspecified atom stereocenters. The number of allylic oxidation sites excluding steroid dienone is 3. The molecular weight excluding hydrogens is 350 g/mol. The predicted molar refractivity (Wildman–Crippen MR) is 104 cm³/mol. The molecule has 2 aliphatic heterocycles. The van der Waals surface area contributed by atoms with Crippen LogP contribution in [0.25, 0.3) is 6.08 Å². The maximum Gasteiger partial charge on any atom is 0.234 e. The van der Waals surface area contributed by atoms with Gasteiger partial charge in [-0.25, -0.2) is 13.4 Å². The topological polar surface area (TPSA) is 71.9 Å². The summed E-state index contributed by atoms with van der Waals surface area (Å²) < 4.78 is 31.5. The summed E-state index contributed by atoms with van der Waals surface area (Å²) >= 11 is 0. The lowest BCUT2D eigenvalue weighted by Crippen LogP contribution is -2.40. The summed E-state index contributed by atoms with van der Waals surface area (Å²) in [7, 11) is -3.54. The van der Waals surface area contributed by atoms with Gasteiger partial charge in [-0.2, -0.15) is 4.98 Å². The molecule has 2 aliphatic rings. The van der Waals surface area contributed by atoms with Gasteiger partial charge >= 0.3 is 0 Å². The van der Waals surface area contributed by atoms with Crippen LogP contribution >= 0.6 is 0 Å². The number of nitrogens with zero attached hydrogens (tertiary/aromatic N) is 3. The van der Waals surface area contributed by atoms with Gasteiger partial charge in [-0.05, 0) is 31.4 Å². The van der Waals surface area contributed by atoms with Gasteiger partial charge in [0, 0.05) is 24.4 Å². The largest absolute Gasteiger partial charge is 0.475 e. The van der Waals surface area contributed by atoms with Crippen molar-refractivity contribution < 1.29 is 13.2 Å². The normalized spacial score (nSPS) is 24.2. The Bertz CT molecular complexity index is 884. The average molecular weight is 375 g/mol. The Balaban J connectivity index is 2.07. The summed E-state index contributed by atoms with van der Waals surface area (Å²) in [4.78, 5) is 10.9. The van der Waals surface area contributed by atoms with Gasteiger partial charge in [0.25, 0.3) is 0 Å². The minimum atomic E-state index is -3.54. The number of hydrogen-bond donors (Lipinski definition) is 0. The number of aliphatic imine (C=N–C) groups is 1. The number of aromatic nitrogens is 1. The van der Waals surface area contributed by atoms with Gasteiger partial charge in [0.1, 0.15) is 17.4 Å². The summed E-state index contributed by atoms with van der Waals surface area (Å²) in [5, 5.41) is 0. The van der Waals surface area contributed by atoms with Gasteiger partial charge in [-0.3, -0.25) is 4.90 Å². The molecule has 0 fully saturated rings. The second kappa shape index (κ2) is 7.32. The molecule has 0 saturated carbocycles. The first kappa shape index (κ1) is 18.8. The molecule has 1 aromatic heterocycles. The maximum atomic E-state index is 12.9. The first-order valence-electron chi connectivity index (χ1n) is 8.85. The van der Waals surface area contributed by atoms with Crippen molar-refractivity contribution in [3.8, 4) is 5.88 Å². The minimum Gasteiger partial charge on any atom is -0.475 e. The second-order valence-electron chi connectivity index (χ2n) is 7.14. The number of fused-ring (bicyclic) bond motifs is 2. The van der Waals surface area contributed by atoms with E-state index >= 15 is 0 Å². The molecule has 0 amide bonds. The highest BCUT2D eigenvalue weighted by atomic mass is 32.2. The fourth-order valence-electron chi connectivity index (χ4n) is 2.84. The number of ether oxygens (including phenoxy) is 1. The molecule has 0 atom stereocenters. The van der Waals surface area contributed by atoms with E-state index < -0.39 is 9.84 Å². The van der Waals surface area contributed by atoms with Crippen LogP contribution in [0.2, 0.25) is 0 Å². The Morgan fingerprint density at radius 2 is 2.00 bits per heavy atom. The zero-order valence-corrected chi connectivity index (χ0v) is 16.5. The van der Waals surface area contributed by atoms with Gasteiger partial charge in [0.2, 0.25) is 5.88 Å². The van der Waals surface area contributed by atoms with Gasteiger partial charge in [-0.1, -0.05) is 32.1 Å². The third-order valence-corrected chi connectivity index (χ3v) is 6.18. The van der Waals surface area contributed by atoms with E-state index in [1.165, 1.54) is 0 Å². The van der Waals surface area contributed by atoms with Crippen LogP contribution in [0.5, 0.6) is 5.88 Å². The van der Waals surface area contributed by atoms with Gasteiger partial charge in [0.15, 0.2) is 15.7 Å². The number of rotatable bonds is 2. The van der Waals surface area contributed by atoms with Crippen LogP contribution in [0.1, 0.15) is 33.3 Å². The van der Waals surface area contributed by atoms with E-state index in [2.05, 4.69) is 23.8 Å². The van der Waals surface area contributed by atoms with E-state index in [1.54, 1.807) is 12.3 Å². The summed E-state index contributed by atoms with van der Waals surface area (Å²) in [6.07, 6.45) is 7.52. The van der Waals surface area contributed by atoms with Gasteiger partial charge in [0.05, 0.1) is 0 Å². The Labute approximate surface area is 155 Å². The summed E-state index contributed by atoms with van der Waals surface area (Å²) in [5.41, 5.74) is 1.75. The molecule has 0 saturated heterocycles. The van der Waals surface area contributed by atoms with Crippen molar-refractivity contribution in [3.63, 3.8) is 0 Å². The van der Waals surface area contributed by atoms with E-state index in [0.717, 1.165) is 5.57 Å². The van der Waals surface area contributed by atoms with Gasteiger partial charge in [-0.15, -0.1) is 0 Å². The summed E-state index contributed by atoms with van der Waals surface area (Å²) in [6.45, 7) is 9.08. The molecule has 1 aromatic rings. The fourth-order valence-corrected chi connectivity index (χ4v) is 4.52. The zero-order chi connectivity index (χ0) is 18.9. The van der Waals surface area contributed by atoms with Crippen LogP contribution in [-0.4, -0.2) is 49.6 Å². The Hall–Kier alpha value is -1.99. The minimum absolute atomic E-state index is 0.0358. The zero-order valence-electron chi connectivity index (χ0n) is 15.6. The third kappa shape index (κ3) is 3.88. The van der Waals surface area contributed by atoms with Crippen LogP contribution in [0, 0.1) is 5.92 Å². The van der Waals surface area contributed by atoms with Crippen molar-refractivity contribution in [3.05, 3.63) is 29.4 Å². The van der Waals surface area contributed by atoms with Crippen LogP contribution in [-0.2, 0) is 9.84 Å². The van der Waals surface area contributed by atoms with Crippen LogP contribution in [0.15, 0.2) is 33.7 Å². The third-order valence-electron chi connectivity index (χ3n) is 4.55. The summed E-state index contributed by atoms with van der Waals surface area (Å²) in [6, 6.07) is 1.75. The lowest BCUT2D eigenvalue weighted by molar-refractivity contribution is 0.186. The number of hydrogen-bond acceptors (Lipinski definition) is 6. The van der Waals surface area contributed by atoms with Crippen molar-refractivity contribution in [2.45, 2.75) is 38.6 Å². The molecule has 0 bridgehead atoms. The van der Waals surface area contributed by atoms with E-state index in [1.807, 2.05) is 37.0 Å². The lowest BCUT2D eigenvalue weighted by Gasteiger charge is -2.28. The fraction of sp³-hybridized carbons (Fsp3) is 0.474. The second-order valence-corrected chi connectivity index (χ2v) is 9.07. The van der Waals surface area contributed by atoms with E-state index in [-0.39, 0.29) is 22.7 Å². The van der Waals surface area contributed by atoms with Crippen molar-refractivity contribution in [2.75, 3.05) is 19.0 Å². The lowest BCUT2D eigenvalue weighted by atomic mass is 10.0. The van der Waals surface area contributed by atoms with Crippen molar-refractivity contribution in [1.82, 2.24) is 9.88 Å². The standard InChI is InChI=1S/C19H25N3O3S/c1-13(2)16-7-5-6-15-10-17-19(21-18(15)20-11-16)25-9-8-22(14(3)4)12-26(17,23)24/h5-7,10-11,13-14H,8-9,12H2,1-4H3/b6-5-,7-5?,15-6?,16-7-,16-11?,20-11-,20-18?. The van der Waals surface area contributed by atoms with Crippen LogP contribution < -0.4 is 4.74 Å². The van der Waals surface area contributed by atoms with Crippen molar-refractivity contribution >= 4 is 27.9 Å². The molecule has 0 N–H and O–H groups in total. The number of sulfone groups is 1. The quantitative estimate of drug-likeness (QED) is 0.794. The molecule has 7 heteroatoms. The highest BCUT2D eigenvalue weighted by Gasteiger charge is 2.29. The Kier molecular flexibility index (Phi) is 5.29. The van der Waals surface area contributed by atoms with Gasteiger partial charge < -0.3 is 4.74 Å². The van der Waals surface area contributed by atoms with Crippen molar-refractivity contribution in [2.24, 2.45) is 10.9 Å². The average Bonchev–Trinajstić information content (AvgIpc) is 2.53. The highest BCUT2D eigenvalue weighted by Crippen LogP contribution is 2.32. The molecule has 140 valence electrons. The first-order chi connectivity index (χ1) is 12.3. The first-order valence-corrected chi connectivity index (χ1v) is 10.5. The summed E-state index contributed by atoms with van der Waals surface area (Å²) in [5.74, 6) is 0.926. The molecule has 3 rings (SSSR count). The van der Waals surface area contributed by atoms with Crippen LogP contribution in [0.4, 0.5) is 5.82 Å². The number of pyridine rings is 1. The molecule has 0 aliphatic carbocycles. The smallest absolute Gasteiger partial charge is 0.234 e. The monoisotopic (exact) mass is 375 g/mol. The molecule has 6 nitrogen and oxygen atoms in total. The van der Waals surface area contributed by atoms with Crippen LogP contribution in [0.3, 0.4) is 0 Å². The van der Waals surface area contributed by atoms with Crippen molar-refractivity contribution in [1.29, 1.82) is 0 Å². The molecule has 3 heterocycles. The molecule has 0 spiro atoms. The molecule has 0 radical (unpaired) electrons. The predicted octanol–water partition coefficient (Wildman–Crippen LogP) is 3.23. The SMILES string of the molecule is CC(C)C1=C\C=C/c2cc3c(nc2/N=C\1)OCCN(C(C)C)CS3(=O)=O. The Morgan fingerprint density at radius 3 is 2.69 bits per heavy atom. The Morgan fingerprint density at radius 1 is 1.23 bits per heavy atom.